The van der Waals surface area contributed by atoms with E-state index in [-0.39, 0.29) is 5.89 Å². The molecule has 4 nitrogen and oxygen atoms in total. The number of nitrogens with zero attached hydrogens (tertiary/aromatic N) is 3. The predicted molar refractivity (Wildman–Crippen MR) is 94.7 cm³/mol. The number of anilines is 1. The lowest BCUT2D eigenvalue weighted by Gasteiger charge is -2.22. The van der Waals surface area contributed by atoms with E-state index in [4.69, 9.17) is 9.68 Å². The molecule has 7 heteroatoms. The van der Waals surface area contributed by atoms with Gasteiger partial charge in [0.2, 0.25) is 5.89 Å². The minimum atomic E-state index is -4.38. The van der Waals surface area contributed by atoms with Gasteiger partial charge >= 0.3 is 6.18 Å². The Hall–Kier alpha value is -3.27. The molecule has 3 aromatic rings. The molecular weight excluding hydrogens is 355 g/mol. The maximum absolute atomic E-state index is 12.7. The Morgan fingerprint density at radius 3 is 2.37 bits per heavy atom. The van der Waals surface area contributed by atoms with Gasteiger partial charge in [-0.1, -0.05) is 18.2 Å². The van der Waals surface area contributed by atoms with Gasteiger partial charge in [0.1, 0.15) is 6.26 Å². The fraction of sp³-hybridized carbons (Fsp3) is 0.200. The van der Waals surface area contributed by atoms with Crippen molar-refractivity contribution in [2.75, 3.05) is 11.4 Å². The van der Waals surface area contributed by atoms with Crippen LogP contribution in [-0.4, -0.2) is 11.5 Å². The number of rotatable bonds is 6. The predicted octanol–water partition coefficient (Wildman–Crippen LogP) is 5.28. The van der Waals surface area contributed by atoms with Crippen molar-refractivity contribution in [2.45, 2.75) is 19.1 Å². The first-order chi connectivity index (χ1) is 13.0. The van der Waals surface area contributed by atoms with E-state index in [0.717, 1.165) is 17.8 Å². The number of halogens is 3. The van der Waals surface area contributed by atoms with E-state index < -0.39 is 11.7 Å². The highest BCUT2D eigenvalue weighted by Crippen LogP contribution is 2.31. The second-order valence-corrected chi connectivity index (χ2v) is 5.88. The van der Waals surface area contributed by atoms with E-state index in [2.05, 4.69) is 11.1 Å². The molecule has 27 heavy (non-hydrogen) atoms. The quantitative estimate of drug-likeness (QED) is 0.591. The first-order valence-electron chi connectivity index (χ1n) is 8.26. The molecule has 1 heterocycles. The summed E-state index contributed by atoms with van der Waals surface area (Å²) in [4.78, 5) is 6.37. The molecule has 0 aliphatic heterocycles. The summed E-state index contributed by atoms with van der Waals surface area (Å²) in [5, 5.41) is 8.87. The number of aromatic nitrogens is 1. The van der Waals surface area contributed by atoms with Crippen LogP contribution in [0.5, 0.6) is 0 Å². The highest BCUT2D eigenvalue weighted by molar-refractivity contribution is 5.54. The molecule has 0 amide bonds. The van der Waals surface area contributed by atoms with E-state index in [1.165, 1.54) is 18.4 Å². The average molecular weight is 371 g/mol. The van der Waals surface area contributed by atoms with Gasteiger partial charge in [0, 0.05) is 17.8 Å². The van der Waals surface area contributed by atoms with Crippen LogP contribution in [-0.2, 0) is 12.7 Å². The molecular formula is C20H16F3N3O. The Kier molecular flexibility index (Phi) is 5.46. The van der Waals surface area contributed by atoms with E-state index >= 15 is 0 Å². The van der Waals surface area contributed by atoms with E-state index in [9.17, 15) is 13.2 Å². The first-order valence-corrected chi connectivity index (χ1v) is 8.26. The summed E-state index contributed by atoms with van der Waals surface area (Å²) in [6.07, 6.45) is -2.54. The third-order valence-electron chi connectivity index (χ3n) is 3.98. The first kappa shape index (κ1) is 18.5. The van der Waals surface area contributed by atoms with E-state index in [1.807, 2.05) is 35.2 Å². The van der Waals surface area contributed by atoms with Crippen molar-refractivity contribution >= 4 is 5.69 Å². The lowest BCUT2D eigenvalue weighted by Crippen LogP contribution is -2.23. The van der Waals surface area contributed by atoms with Crippen LogP contribution in [0.3, 0.4) is 0 Å². The summed E-state index contributed by atoms with van der Waals surface area (Å²) in [5.41, 5.74) is 1.33. The molecule has 0 aliphatic rings. The molecule has 1 aromatic heterocycles. The lowest BCUT2D eigenvalue weighted by molar-refractivity contribution is -0.137. The standard InChI is InChI=1S/C20H16F3N3O/c21-20(22,23)16-9-7-15(8-10-16)19-25-17(14-27-19)13-26(12-4-11-24)18-5-2-1-3-6-18/h1-3,5-10,14H,4,12-13H2. The van der Waals surface area contributed by atoms with Gasteiger partial charge in [0.25, 0.3) is 0 Å². The van der Waals surface area contributed by atoms with Crippen LogP contribution in [0, 0.1) is 11.3 Å². The van der Waals surface area contributed by atoms with Crippen molar-refractivity contribution < 1.29 is 17.6 Å². The smallest absolute Gasteiger partial charge is 0.416 e. The summed E-state index contributed by atoms with van der Waals surface area (Å²) in [5.74, 6) is 0.256. The minimum Gasteiger partial charge on any atom is -0.444 e. The van der Waals surface area contributed by atoms with Crippen LogP contribution in [0.15, 0.2) is 65.3 Å². The van der Waals surface area contributed by atoms with Crippen LogP contribution in [0.2, 0.25) is 0 Å². The third kappa shape index (κ3) is 4.67. The molecule has 0 aliphatic carbocycles. The summed E-state index contributed by atoms with van der Waals surface area (Å²) in [6.45, 7) is 0.957. The van der Waals surface area contributed by atoms with E-state index in [0.29, 0.717) is 30.8 Å². The molecule has 0 saturated heterocycles. The highest BCUT2D eigenvalue weighted by atomic mass is 19.4. The van der Waals surface area contributed by atoms with Crippen LogP contribution in [0.4, 0.5) is 18.9 Å². The van der Waals surface area contributed by atoms with Gasteiger partial charge in [-0.15, -0.1) is 0 Å². The molecule has 0 N–H and O–H groups in total. The molecule has 0 radical (unpaired) electrons. The SMILES string of the molecule is N#CCCN(Cc1coc(-c2ccc(C(F)(F)F)cc2)n1)c1ccccc1. The fourth-order valence-electron chi connectivity index (χ4n) is 2.63. The number of hydrogen-bond donors (Lipinski definition) is 0. The number of hydrogen-bond acceptors (Lipinski definition) is 4. The molecule has 0 fully saturated rings. The van der Waals surface area contributed by atoms with Crippen molar-refractivity contribution in [2.24, 2.45) is 0 Å². The van der Waals surface area contributed by atoms with Gasteiger partial charge in [0.15, 0.2) is 0 Å². The highest BCUT2D eigenvalue weighted by Gasteiger charge is 2.30. The summed E-state index contributed by atoms with van der Waals surface area (Å²) in [6, 6.07) is 16.4. The fourth-order valence-corrected chi connectivity index (χ4v) is 2.63. The molecule has 138 valence electrons. The molecule has 0 bridgehead atoms. The van der Waals surface area contributed by atoms with Crippen LogP contribution in [0.25, 0.3) is 11.5 Å². The zero-order chi connectivity index (χ0) is 19.3. The van der Waals surface area contributed by atoms with Crippen molar-refractivity contribution in [3.63, 3.8) is 0 Å². The van der Waals surface area contributed by atoms with Gasteiger partial charge in [-0.3, -0.25) is 0 Å². The normalized spacial score (nSPS) is 11.2. The number of benzene rings is 2. The Balaban J connectivity index is 1.77. The second-order valence-electron chi connectivity index (χ2n) is 5.88. The molecule has 0 saturated carbocycles. The summed E-state index contributed by atoms with van der Waals surface area (Å²) >= 11 is 0. The van der Waals surface area contributed by atoms with E-state index in [1.54, 1.807) is 0 Å². The van der Waals surface area contributed by atoms with Gasteiger partial charge < -0.3 is 9.32 Å². The molecule has 0 unspecified atom stereocenters. The van der Waals surface area contributed by atoms with Gasteiger partial charge in [-0.25, -0.2) is 4.98 Å². The Labute approximate surface area is 154 Å². The number of para-hydroxylation sites is 1. The van der Waals surface area contributed by atoms with Crippen LogP contribution < -0.4 is 4.90 Å². The Bertz CT molecular complexity index is 912. The zero-order valence-electron chi connectivity index (χ0n) is 14.3. The number of nitriles is 1. The molecule has 0 atom stereocenters. The average Bonchev–Trinajstić information content (AvgIpc) is 3.14. The molecule has 3 rings (SSSR count). The monoisotopic (exact) mass is 371 g/mol. The third-order valence-corrected chi connectivity index (χ3v) is 3.98. The second kappa shape index (κ2) is 7.96. The van der Waals surface area contributed by atoms with Gasteiger partial charge in [-0.05, 0) is 36.4 Å². The van der Waals surface area contributed by atoms with Crippen LogP contribution in [0.1, 0.15) is 17.7 Å². The summed E-state index contributed by atoms with van der Waals surface area (Å²) < 4.78 is 43.4. The zero-order valence-corrected chi connectivity index (χ0v) is 14.3. The van der Waals surface area contributed by atoms with Crippen molar-refractivity contribution in [1.29, 1.82) is 5.26 Å². The summed E-state index contributed by atoms with van der Waals surface area (Å²) in [7, 11) is 0. The van der Waals surface area contributed by atoms with Crippen LogP contribution >= 0.6 is 0 Å². The maximum atomic E-state index is 12.7. The Morgan fingerprint density at radius 2 is 1.74 bits per heavy atom. The number of alkyl halides is 3. The van der Waals surface area contributed by atoms with Crippen molar-refractivity contribution in [3.8, 4) is 17.5 Å². The molecule has 0 spiro atoms. The number of oxazole rings is 1. The van der Waals surface area contributed by atoms with Crippen molar-refractivity contribution in [3.05, 3.63) is 72.1 Å². The topological polar surface area (TPSA) is 53.1 Å². The lowest BCUT2D eigenvalue weighted by atomic mass is 10.1. The Morgan fingerprint density at radius 1 is 1.04 bits per heavy atom. The largest absolute Gasteiger partial charge is 0.444 e. The maximum Gasteiger partial charge on any atom is 0.416 e. The molecule has 2 aromatic carbocycles. The van der Waals surface area contributed by atoms with Gasteiger partial charge in [-0.2, -0.15) is 18.4 Å². The van der Waals surface area contributed by atoms with Gasteiger partial charge in [0.05, 0.1) is 30.3 Å². The van der Waals surface area contributed by atoms with Crippen molar-refractivity contribution in [1.82, 2.24) is 4.98 Å². The minimum absolute atomic E-state index is 0.256.